The Morgan fingerprint density at radius 1 is 1.06 bits per heavy atom. The summed E-state index contributed by atoms with van der Waals surface area (Å²) in [6.45, 7) is 6.16. The summed E-state index contributed by atoms with van der Waals surface area (Å²) in [5.74, 6) is 1.64. The van der Waals surface area contributed by atoms with Crippen LogP contribution in [0.15, 0.2) is 60.8 Å². The summed E-state index contributed by atoms with van der Waals surface area (Å²) in [5, 5.41) is 3.92. The van der Waals surface area contributed by atoms with Crippen LogP contribution in [0.2, 0.25) is 0 Å². The summed E-state index contributed by atoms with van der Waals surface area (Å²) >= 11 is 0. The van der Waals surface area contributed by atoms with E-state index in [0.717, 1.165) is 44.6 Å². The van der Waals surface area contributed by atoms with Crippen LogP contribution in [0.4, 0.5) is 11.6 Å². The molecule has 3 aromatic carbocycles. The van der Waals surface area contributed by atoms with Crippen molar-refractivity contribution in [1.29, 1.82) is 0 Å². The molecule has 1 aliphatic rings. The first-order chi connectivity index (χ1) is 16.4. The summed E-state index contributed by atoms with van der Waals surface area (Å²) in [6.07, 6.45) is 4.43. The van der Waals surface area contributed by atoms with Gasteiger partial charge in [-0.1, -0.05) is 12.1 Å². The lowest BCUT2D eigenvalue weighted by atomic mass is 9.97. The lowest BCUT2D eigenvalue weighted by Crippen LogP contribution is -2.15. The van der Waals surface area contributed by atoms with Crippen LogP contribution >= 0.6 is 0 Å². The van der Waals surface area contributed by atoms with Gasteiger partial charge < -0.3 is 15.8 Å². The third-order valence-corrected chi connectivity index (χ3v) is 6.44. The van der Waals surface area contributed by atoms with Crippen LogP contribution < -0.4 is 15.8 Å². The molecule has 1 heterocycles. The fourth-order valence-corrected chi connectivity index (χ4v) is 4.21. The molecular formula is C28H28N4O2. The quantitative estimate of drug-likeness (QED) is 0.379. The van der Waals surface area contributed by atoms with E-state index in [1.54, 1.807) is 6.20 Å². The number of aromatic nitrogens is 2. The Balaban J connectivity index is 1.36. The minimum Gasteiger partial charge on any atom is -0.490 e. The van der Waals surface area contributed by atoms with E-state index in [9.17, 15) is 4.79 Å². The molecule has 3 N–H and O–H groups in total. The monoisotopic (exact) mass is 452 g/mol. The topological polar surface area (TPSA) is 90.1 Å². The SMILES string of the molecule is Cc1cc(NC(=O)c2ccc(C)c(-c3ccc4nc(N)ncc4c3)c2)ccc1OC(C)C1CC1. The fourth-order valence-electron chi connectivity index (χ4n) is 4.21. The van der Waals surface area contributed by atoms with E-state index in [2.05, 4.69) is 22.2 Å². The van der Waals surface area contributed by atoms with Crippen molar-refractivity contribution in [3.63, 3.8) is 0 Å². The summed E-state index contributed by atoms with van der Waals surface area (Å²) in [6, 6.07) is 17.5. The maximum absolute atomic E-state index is 13.1. The summed E-state index contributed by atoms with van der Waals surface area (Å²) < 4.78 is 6.10. The Bertz CT molecular complexity index is 1390. The van der Waals surface area contributed by atoms with E-state index < -0.39 is 0 Å². The number of nitrogen functional groups attached to an aromatic ring is 1. The number of carbonyl (C=O) groups excluding carboxylic acids is 1. The van der Waals surface area contributed by atoms with Gasteiger partial charge in [-0.25, -0.2) is 9.97 Å². The van der Waals surface area contributed by atoms with Crippen LogP contribution in [-0.4, -0.2) is 22.0 Å². The largest absolute Gasteiger partial charge is 0.490 e. The second-order valence-corrected chi connectivity index (χ2v) is 9.13. The van der Waals surface area contributed by atoms with E-state index >= 15 is 0 Å². The first kappa shape index (κ1) is 21.9. The smallest absolute Gasteiger partial charge is 0.255 e. The zero-order valence-electron chi connectivity index (χ0n) is 19.6. The molecule has 0 saturated heterocycles. The molecule has 172 valence electrons. The number of aryl methyl sites for hydroxylation is 2. The molecular weight excluding hydrogens is 424 g/mol. The molecule has 1 fully saturated rings. The van der Waals surface area contributed by atoms with Gasteiger partial charge in [0.05, 0.1) is 11.6 Å². The number of hydrogen-bond donors (Lipinski definition) is 2. The van der Waals surface area contributed by atoms with Crippen LogP contribution in [0, 0.1) is 19.8 Å². The molecule has 4 aromatic rings. The highest BCUT2D eigenvalue weighted by Gasteiger charge is 2.29. The number of anilines is 2. The molecule has 1 unspecified atom stereocenters. The van der Waals surface area contributed by atoms with Crippen molar-refractivity contribution < 1.29 is 9.53 Å². The zero-order chi connectivity index (χ0) is 23.8. The van der Waals surface area contributed by atoms with Crippen LogP contribution in [0.3, 0.4) is 0 Å². The second kappa shape index (κ2) is 8.78. The Hall–Kier alpha value is -3.93. The van der Waals surface area contributed by atoms with Crippen LogP contribution in [0.25, 0.3) is 22.0 Å². The van der Waals surface area contributed by atoms with Gasteiger partial charge in [-0.2, -0.15) is 0 Å². The Morgan fingerprint density at radius 3 is 2.65 bits per heavy atom. The van der Waals surface area contributed by atoms with E-state index in [4.69, 9.17) is 10.5 Å². The second-order valence-electron chi connectivity index (χ2n) is 9.13. The number of nitrogens with two attached hydrogens (primary N) is 1. The third kappa shape index (κ3) is 4.57. The van der Waals surface area contributed by atoms with Crippen molar-refractivity contribution in [3.05, 3.63) is 77.5 Å². The van der Waals surface area contributed by atoms with Crippen LogP contribution in [-0.2, 0) is 0 Å². The lowest BCUT2D eigenvalue weighted by Gasteiger charge is -2.17. The molecule has 5 rings (SSSR count). The van der Waals surface area contributed by atoms with Crippen molar-refractivity contribution in [1.82, 2.24) is 9.97 Å². The molecule has 0 aliphatic heterocycles. The molecule has 0 radical (unpaired) electrons. The number of fused-ring (bicyclic) bond motifs is 1. The van der Waals surface area contributed by atoms with Gasteiger partial charge in [0, 0.05) is 22.8 Å². The van der Waals surface area contributed by atoms with Crippen molar-refractivity contribution >= 4 is 28.4 Å². The normalized spacial score (nSPS) is 14.1. The van der Waals surface area contributed by atoms with E-state index in [-0.39, 0.29) is 18.0 Å². The Labute approximate surface area is 199 Å². The summed E-state index contributed by atoms with van der Waals surface area (Å²) in [7, 11) is 0. The fraction of sp³-hybridized carbons (Fsp3) is 0.250. The first-order valence-electron chi connectivity index (χ1n) is 11.6. The molecule has 0 spiro atoms. The van der Waals surface area contributed by atoms with Crippen LogP contribution in [0.1, 0.15) is 41.3 Å². The van der Waals surface area contributed by atoms with Gasteiger partial charge in [0.25, 0.3) is 5.91 Å². The summed E-state index contributed by atoms with van der Waals surface area (Å²) in [5.41, 5.74) is 11.9. The van der Waals surface area contributed by atoms with Gasteiger partial charge in [-0.05, 0) is 104 Å². The number of benzene rings is 3. The lowest BCUT2D eigenvalue weighted by molar-refractivity contribution is 0.102. The number of ether oxygens (including phenoxy) is 1. The van der Waals surface area contributed by atoms with Crippen molar-refractivity contribution in [2.45, 2.75) is 39.7 Å². The van der Waals surface area contributed by atoms with E-state index in [1.807, 2.05) is 68.4 Å². The molecule has 1 amide bonds. The average Bonchev–Trinajstić information content (AvgIpc) is 3.66. The molecule has 1 aliphatic carbocycles. The Kier molecular flexibility index (Phi) is 5.65. The predicted octanol–water partition coefficient (Wildman–Crippen LogP) is 5.93. The van der Waals surface area contributed by atoms with E-state index in [1.165, 1.54) is 12.8 Å². The highest BCUT2D eigenvalue weighted by atomic mass is 16.5. The number of rotatable bonds is 6. The molecule has 1 atom stereocenters. The maximum Gasteiger partial charge on any atom is 0.255 e. The predicted molar refractivity (Wildman–Crippen MR) is 136 cm³/mol. The highest BCUT2D eigenvalue weighted by Crippen LogP contribution is 2.35. The molecule has 1 saturated carbocycles. The molecule has 6 nitrogen and oxygen atoms in total. The van der Waals surface area contributed by atoms with Gasteiger partial charge >= 0.3 is 0 Å². The standard InChI is InChI=1S/C28H28N4O2/c1-16-4-5-21(14-24(16)20-8-10-25-22(13-20)15-30-28(29)32-25)27(33)31-23-9-11-26(17(2)12-23)34-18(3)19-6-7-19/h4-5,8-15,18-19H,6-7H2,1-3H3,(H,31,33)(H2,29,30,32). The molecule has 6 heteroatoms. The number of nitrogens with zero attached hydrogens (tertiary/aromatic N) is 2. The zero-order valence-corrected chi connectivity index (χ0v) is 19.6. The minimum absolute atomic E-state index is 0.155. The first-order valence-corrected chi connectivity index (χ1v) is 11.6. The van der Waals surface area contributed by atoms with Gasteiger partial charge in [-0.15, -0.1) is 0 Å². The molecule has 34 heavy (non-hydrogen) atoms. The average molecular weight is 453 g/mol. The molecule has 1 aromatic heterocycles. The number of carbonyl (C=O) groups is 1. The van der Waals surface area contributed by atoms with Crippen molar-refractivity contribution in [3.8, 4) is 16.9 Å². The number of nitrogens with one attached hydrogen (secondary N) is 1. The van der Waals surface area contributed by atoms with E-state index in [0.29, 0.717) is 11.5 Å². The minimum atomic E-state index is -0.155. The van der Waals surface area contributed by atoms with Gasteiger partial charge in [-0.3, -0.25) is 4.79 Å². The Morgan fingerprint density at radius 2 is 1.88 bits per heavy atom. The van der Waals surface area contributed by atoms with Gasteiger partial charge in [0.2, 0.25) is 5.95 Å². The van der Waals surface area contributed by atoms with Crippen LogP contribution in [0.5, 0.6) is 5.75 Å². The number of hydrogen-bond acceptors (Lipinski definition) is 5. The highest BCUT2D eigenvalue weighted by molar-refractivity contribution is 6.05. The van der Waals surface area contributed by atoms with Gasteiger partial charge in [0.15, 0.2) is 0 Å². The number of amides is 1. The maximum atomic E-state index is 13.1. The van der Waals surface area contributed by atoms with Gasteiger partial charge in [0.1, 0.15) is 5.75 Å². The van der Waals surface area contributed by atoms with Crippen molar-refractivity contribution in [2.75, 3.05) is 11.1 Å². The third-order valence-electron chi connectivity index (χ3n) is 6.44. The molecule has 0 bridgehead atoms. The van der Waals surface area contributed by atoms with Crippen molar-refractivity contribution in [2.24, 2.45) is 5.92 Å². The summed E-state index contributed by atoms with van der Waals surface area (Å²) in [4.78, 5) is 21.4.